The van der Waals surface area contributed by atoms with E-state index in [0.717, 1.165) is 24.5 Å². The van der Waals surface area contributed by atoms with Crippen molar-refractivity contribution in [3.63, 3.8) is 0 Å². The molecule has 21 heavy (non-hydrogen) atoms. The number of halogens is 1. The van der Waals surface area contributed by atoms with Crippen molar-refractivity contribution in [1.29, 1.82) is 0 Å². The molecule has 4 nitrogen and oxygen atoms in total. The Morgan fingerprint density at radius 2 is 2.05 bits per heavy atom. The van der Waals surface area contributed by atoms with E-state index in [-0.39, 0.29) is 24.0 Å². The van der Waals surface area contributed by atoms with Crippen molar-refractivity contribution in [2.75, 3.05) is 6.54 Å². The summed E-state index contributed by atoms with van der Waals surface area (Å²) in [4.78, 5) is 8.61. The van der Waals surface area contributed by atoms with Gasteiger partial charge >= 0.3 is 0 Å². The van der Waals surface area contributed by atoms with Gasteiger partial charge in [-0.2, -0.15) is 0 Å². The molecule has 1 aromatic heterocycles. The number of rotatable bonds is 8. The lowest BCUT2D eigenvalue weighted by Crippen LogP contribution is -2.38. The maximum atomic E-state index is 5.89. The molecule has 1 atom stereocenters. The van der Waals surface area contributed by atoms with Gasteiger partial charge in [0, 0.05) is 30.9 Å². The highest BCUT2D eigenvalue weighted by Crippen LogP contribution is 2.07. The molecular formula is C16H29IN4. The smallest absolute Gasteiger partial charge is 0.188 e. The summed E-state index contributed by atoms with van der Waals surface area (Å²) in [7, 11) is 0. The Bertz CT molecular complexity index is 393. The minimum Gasteiger partial charge on any atom is -0.370 e. The molecule has 0 bridgehead atoms. The first-order chi connectivity index (χ1) is 9.58. The molecule has 0 saturated carbocycles. The van der Waals surface area contributed by atoms with Crippen molar-refractivity contribution < 1.29 is 0 Å². The molecule has 0 aromatic carbocycles. The Kier molecular flexibility index (Phi) is 11.3. The Balaban J connectivity index is 0.00000400. The summed E-state index contributed by atoms with van der Waals surface area (Å²) in [5.74, 6) is 1.31. The third-order valence-corrected chi connectivity index (χ3v) is 3.19. The number of guanidine groups is 1. The van der Waals surface area contributed by atoms with Crippen LogP contribution in [0.25, 0.3) is 0 Å². The average Bonchev–Trinajstić information content (AvgIpc) is 2.39. The van der Waals surface area contributed by atoms with Crippen molar-refractivity contribution in [2.45, 2.75) is 52.5 Å². The van der Waals surface area contributed by atoms with Crippen LogP contribution in [-0.4, -0.2) is 23.5 Å². The maximum Gasteiger partial charge on any atom is 0.188 e. The normalized spacial score (nSPS) is 12.9. The van der Waals surface area contributed by atoms with Gasteiger partial charge in [-0.15, -0.1) is 24.0 Å². The van der Waals surface area contributed by atoms with Gasteiger partial charge in [-0.05, 0) is 31.4 Å². The highest BCUT2D eigenvalue weighted by molar-refractivity contribution is 14.0. The number of pyridine rings is 1. The monoisotopic (exact) mass is 404 g/mol. The largest absolute Gasteiger partial charge is 0.370 e. The van der Waals surface area contributed by atoms with Crippen LogP contribution in [0.1, 0.15) is 45.7 Å². The fourth-order valence-corrected chi connectivity index (χ4v) is 2.04. The van der Waals surface area contributed by atoms with E-state index in [4.69, 9.17) is 5.73 Å². The van der Waals surface area contributed by atoms with Gasteiger partial charge in [-0.3, -0.25) is 9.98 Å². The summed E-state index contributed by atoms with van der Waals surface area (Å²) in [5, 5.41) is 3.25. The molecule has 0 aliphatic carbocycles. The predicted molar refractivity (Wildman–Crippen MR) is 101 cm³/mol. The summed E-state index contributed by atoms with van der Waals surface area (Å²) < 4.78 is 0. The molecule has 0 spiro atoms. The van der Waals surface area contributed by atoms with Gasteiger partial charge in [0.05, 0.1) is 0 Å². The van der Waals surface area contributed by atoms with E-state index >= 15 is 0 Å². The molecule has 0 saturated heterocycles. The average molecular weight is 404 g/mol. The van der Waals surface area contributed by atoms with Gasteiger partial charge in [0.15, 0.2) is 5.96 Å². The summed E-state index contributed by atoms with van der Waals surface area (Å²) >= 11 is 0. The second kappa shape index (κ2) is 11.8. The summed E-state index contributed by atoms with van der Waals surface area (Å²) in [5.41, 5.74) is 6.94. The van der Waals surface area contributed by atoms with Gasteiger partial charge in [-0.1, -0.05) is 32.8 Å². The zero-order valence-electron chi connectivity index (χ0n) is 13.4. The molecule has 0 radical (unpaired) electrons. The number of aliphatic imine (C=N–C) groups is 1. The molecule has 3 N–H and O–H groups in total. The SMILES string of the molecule is CC(C)CCCC(C)NC(N)=NCCc1ccccn1.I. The number of hydrogen-bond acceptors (Lipinski definition) is 2. The highest BCUT2D eigenvalue weighted by atomic mass is 127. The molecule has 0 amide bonds. The highest BCUT2D eigenvalue weighted by Gasteiger charge is 2.03. The zero-order chi connectivity index (χ0) is 14.8. The third kappa shape index (κ3) is 10.5. The van der Waals surface area contributed by atoms with Crippen LogP contribution in [-0.2, 0) is 6.42 Å². The Hall–Kier alpha value is -0.850. The van der Waals surface area contributed by atoms with Crippen LogP contribution >= 0.6 is 24.0 Å². The first-order valence-corrected chi connectivity index (χ1v) is 7.54. The summed E-state index contributed by atoms with van der Waals surface area (Å²) in [6.45, 7) is 7.34. The van der Waals surface area contributed by atoms with Gasteiger partial charge < -0.3 is 11.1 Å². The molecule has 1 unspecified atom stereocenters. The van der Waals surface area contributed by atoms with E-state index in [1.807, 2.05) is 18.2 Å². The minimum atomic E-state index is 0. The Morgan fingerprint density at radius 3 is 2.67 bits per heavy atom. The Morgan fingerprint density at radius 1 is 1.29 bits per heavy atom. The van der Waals surface area contributed by atoms with Gasteiger partial charge in [0.25, 0.3) is 0 Å². The lowest BCUT2D eigenvalue weighted by Gasteiger charge is -2.15. The summed E-state index contributed by atoms with van der Waals surface area (Å²) in [6.07, 6.45) is 6.26. The standard InChI is InChI=1S/C16H28N4.HI/c1-13(2)7-6-8-14(3)20-16(17)19-12-10-15-9-4-5-11-18-15;/h4-5,9,11,13-14H,6-8,10,12H2,1-3H3,(H3,17,19,20);1H. The van der Waals surface area contributed by atoms with Crippen LogP contribution in [0.3, 0.4) is 0 Å². The van der Waals surface area contributed by atoms with Crippen molar-refractivity contribution >= 4 is 29.9 Å². The zero-order valence-corrected chi connectivity index (χ0v) is 15.7. The van der Waals surface area contributed by atoms with Crippen LogP contribution in [0.2, 0.25) is 0 Å². The van der Waals surface area contributed by atoms with Crippen molar-refractivity contribution in [3.05, 3.63) is 30.1 Å². The fourth-order valence-electron chi connectivity index (χ4n) is 2.04. The maximum absolute atomic E-state index is 5.89. The van der Waals surface area contributed by atoms with E-state index in [9.17, 15) is 0 Å². The number of aromatic nitrogens is 1. The van der Waals surface area contributed by atoms with Crippen LogP contribution in [0.15, 0.2) is 29.4 Å². The second-order valence-electron chi connectivity index (χ2n) is 5.71. The Labute approximate surface area is 146 Å². The van der Waals surface area contributed by atoms with E-state index in [0.29, 0.717) is 18.5 Å². The van der Waals surface area contributed by atoms with E-state index in [2.05, 4.69) is 36.1 Å². The van der Waals surface area contributed by atoms with E-state index < -0.39 is 0 Å². The first-order valence-electron chi connectivity index (χ1n) is 7.54. The number of nitrogens with zero attached hydrogens (tertiary/aromatic N) is 2. The van der Waals surface area contributed by atoms with Gasteiger partial charge in [0.1, 0.15) is 0 Å². The molecule has 0 aliphatic heterocycles. The minimum absolute atomic E-state index is 0. The molecule has 1 rings (SSSR count). The lowest BCUT2D eigenvalue weighted by atomic mass is 10.0. The number of nitrogens with one attached hydrogen (secondary N) is 1. The topological polar surface area (TPSA) is 63.3 Å². The lowest BCUT2D eigenvalue weighted by molar-refractivity contribution is 0.493. The van der Waals surface area contributed by atoms with Crippen LogP contribution in [0.5, 0.6) is 0 Å². The number of hydrogen-bond donors (Lipinski definition) is 2. The molecule has 5 heteroatoms. The van der Waals surface area contributed by atoms with Gasteiger partial charge in [0.2, 0.25) is 0 Å². The van der Waals surface area contributed by atoms with E-state index in [1.54, 1.807) is 6.20 Å². The second-order valence-corrected chi connectivity index (χ2v) is 5.71. The van der Waals surface area contributed by atoms with Crippen LogP contribution in [0, 0.1) is 5.92 Å². The van der Waals surface area contributed by atoms with Crippen molar-refractivity contribution in [3.8, 4) is 0 Å². The molecule has 1 aromatic rings. The number of nitrogens with two attached hydrogens (primary N) is 1. The molecule has 120 valence electrons. The van der Waals surface area contributed by atoms with E-state index in [1.165, 1.54) is 12.8 Å². The molecule has 0 fully saturated rings. The van der Waals surface area contributed by atoms with Crippen molar-refractivity contribution in [1.82, 2.24) is 10.3 Å². The molecule has 1 heterocycles. The predicted octanol–water partition coefficient (Wildman–Crippen LogP) is 3.36. The fraction of sp³-hybridized carbons (Fsp3) is 0.625. The van der Waals surface area contributed by atoms with Crippen LogP contribution < -0.4 is 11.1 Å². The molecular weight excluding hydrogens is 375 g/mol. The van der Waals surface area contributed by atoms with Gasteiger partial charge in [-0.25, -0.2) is 0 Å². The quantitative estimate of drug-likeness (QED) is 0.397. The first kappa shape index (κ1) is 20.1. The third-order valence-electron chi connectivity index (χ3n) is 3.19. The van der Waals surface area contributed by atoms with Crippen LogP contribution in [0.4, 0.5) is 0 Å². The molecule has 0 aliphatic rings. The van der Waals surface area contributed by atoms with Crippen molar-refractivity contribution in [2.24, 2.45) is 16.6 Å². The summed E-state index contributed by atoms with van der Waals surface area (Å²) in [6, 6.07) is 6.30.